The minimum absolute atomic E-state index is 0.00562. The fourth-order valence-electron chi connectivity index (χ4n) is 1.62. The van der Waals surface area contributed by atoms with Crippen molar-refractivity contribution in [2.45, 2.75) is 19.8 Å². The first kappa shape index (κ1) is 12.1. The minimum atomic E-state index is -0.387. The van der Waals surface area contributed by atoms with Gasteiger partial charge in [0, 0.05) is 12.0 Å². The molecule has 0 aromatic heterocycles. The molecule has 0 spiro atoms. The van der Waals surface area contributed by atoms with Gasteiger partial charge in [0.1, 0.15) is 5.82 Å². The maximum Gasteiger partial charge on any atom is 0.126 e. The molecule has 0 aliphatic carbocycles. The van der Waals surface area contributed by atoms with E-state index in [1.807, 2.05) is 6.92 Å². The van der Waals surface area contributed by atoms with E-state index >= 15 is 0 Å². The van der Waals surface area contributed by atoms with Crippen LogP contribution in [0.1, 0.15) is 18.9 Å². The lowest BCUT2D eigenvalue weighted by molar-refractivity contribution is 0.126. The quantitative estimate of drug-likeness (QED) is 0.779. The van der Waals surface area contributed by atoms with E-state index in [0.717, 1.165) is 6.42 Å². The van der Waals surface area contributed by atoms with E-state index in [1.54, 1.807) is 18.2 Å². The van der Waals surface area contributed by atoms with Crippen LogP contribution < -0.4 is 5.73 Å². The van der Waals surface area contributed by atoms with E-state index in [9.17, 15) is 9.50 Å². The largest absolute Gasteiger partial charge is 0.396 e. The van der Waals surface area contributed by atoms with Gasteiger partial charge in [-0.25, -0.2) is 4.39 Å². The SMILES string of the molecule is CCC(CN)(CO)Cc1ccccc1F. The Balaban J connectivity index is 2.88. The number of aliphatic hydroxyl groups is 1. The smallest absolute Gasteiger partial charge is 0.126 e. The maximum absolute atomic E-state index is 13.4. The second-order valence-corrected chi connectivity index (χ2v) is 3.98. The minimum Gasteiger partial charge on any atom is -0.396 e. The normalized spacial score (nSPS) is 14.9. The molecule has 1 atom stereocenters. The maximum atomic E-state index is 13.4. The molecule has 1 aromatic carbocycles. The van der Waals surface area contributed by atoms with E-state index in [4.69, 9.17) is 5.73 Å². The number of nitrogens with two attached hydrogens (primary N) is 1. The summed E-state index contributed by atoms with van der Waals surface area (Å²) in [4.78, 5) is 0. The van der Waals surface area contributed by atoms with E-state index in [2.05, 4.69) is 0 Å². The summed E-state index contributed by atoms with van der Waals surface area (Å²) >= 11 is 0. The van der Waals surface area contributed by atoms with E-state index in [0.29, 0.717) is 18.5 Å². The van der Waals surface area contributed by atoms with Crippen LogP contribution in [0.25, 0.3) is 0 Å². The fraction of sp³-hybridized carbons (Fsp3) is 0.500. The van der Waals surface area contributed by atoms with Crippen LogP contribution in [0, 0.1) is 11.2 Å². The monoisotopic (exact) mass is 211 g/mol. The number of hydrogen-bond acceptors (Lipinski definition) is 2. The summed E-state index contributed by atoms with van der Waals surface area (Å²) in [6.07, 6.45) is 1.23. The zero-order valence-corrected chi connectivity index (χ0v) is 9.04. The lowest BCUT2D eigenvalue weighted by Crippen LogP contribution is -2.36. The van der Waals surface area contributed by atoms with E-state index < -0.39 is 0 Å². The van der Waals surface area contributed by atoms with E-state index in [1.165, 1.54) is 6.07 Å². The summed E-state index contributed by atoms with van der Waals surface area (Å²) in [5, 5.41) is 9.33. The Morgan fingerprint density at radius 2 is 2.07 bits per heavy atom. The second-order valence-electron chi connectivity index (χ2n) is 3.98. The van der Waals surface area contributed by atoms with Crippen LogP contribution >= 0.6 is 0 Å². The molecule has 0 bridgehead atoms. The molecular formula is C12H18FNO. The van der Waals surface area contributed by atoms with Gasteiger partial charge in [-0.2, -0.15) is 0 Å². The average molecular weight is 211 g/mol. The Bertz CT molecular complexity index is 302. The highest BCUT2D eigenvalue weighted by Gasteiger charge is 2.27. The van der Waals surface area contributed by atoms with Crippen LogP contribution in [0.3, 0.4) is 0 Å². The van der Waals surface area contributed by atoms with Crippen molar-refractivity contribution in [3.05, 3.63) is 35.6 Å². The molecule has 15 heavy (non-hydrogen) atoms. The molecule has 0 heterocycles. The Morgan fingerprint density at radius 1 is 1.40 bits per heavy atom. The number of rotatable bonds is 5. The lowest BCUT2D eigenvalue weighted by Gasteiger charge is -2.29. The number of hydrogen-bond donors (Lipinski definition) is 2. The first-order chi connectivity index (χ1) is 7.17. The van der Waals surface area contributed by atoms with E-state index in [-0.39, 0.29) is 17.8 Å². The zero-order chi connectivity index (χ0) is 11.3. The van der Waals surface area contributed by atoms with Crippen molar-refractivity contribution in [1.82, 2.24) is 0 Å². The Morgan fingerprint density at radius 3 is 2.53 bits per heavy atom. The molecule has 3 N–H and O–H groups in total. The summed E-state index contributed by atoms with van der Waals surface area (Å²) in [6.45, 7) is 2.33. The van der Waals surface area contributed by atoms with Gasteiger partial charge < -0.3 is 10.8 Å². The van der Waals surface area contributed by atoms with Gasteiger partial charge in [0.2, 0.25) is 0 Å². The molecule has 84 valence electrons. The molecule has 0 aliphatic rings. The first-order valence-corrected chi connectivity index (χ1v) is 5.22. The number of halogens is 1. The van der Waals surface area contributed by atoms with Crippen molar-refractivity contribution in [2.75, 3.05) is 13.2 Å². The van der Waals surface area contributed by atoms with Crippen LogP contribution in [0.15, 0.2) is 24.3 Å². The first-order valence-electron chi connectivity index (χ1n) is 5.22. The van der Waals surface area contributed by atoms with Gasteiger partial charge in [-0.15, -0.1) is 0 Å². The highest BCUT2D eigenvalue weighted by atomic mass is 19.1. The summed E-state index contributed by atoms with van der Waals surface area (Å²) in [5.74, 6) is -0.225. The molecule has 3 heteroatoms. The zero-order valence-electron chi connectivity index (χ0n) is 9.04. The van der Waals surface area contributed by atoms with Crippen molar-refractivity contribution < 1.29 is 9.50 Å². The highest BCUT2D eigenvalue weighted by molar-refractivity contribution is 5.19. The van der Waals surface area contributed by atoms with Gasteiger partial charge in [-0.1, -0.05) is 25.1 Å². The summed E-state index contributed by atoms with van der Waals surface area (Å²) < 4.78 is 13.4. The highest BCUT2D eigenvalue weighted by Crippen LogP contribution is 2.26. The van der Waals surface area contributed by atoms with Crippen LogP contribution in [-0.4, -0.2) is 18.3 Å². The third-order valence-electron chi connectivity index (χ3n) is 3.04. The van der Waals surface area contributed by atoms with Gasteiger partial charge in [0.25, 0.3) is 0 Å². The Hall–Kier alpha value is -0.930. The van der Waals surface area contributed by atoms with Crippen LogP contribution in [0.4, 0.5) is 4.39 Å². The Kier molecular flexibility index (Phi) is 4.24. The predicted octanol–water partition coefficient (Wildman–Crippen LogP) is 1.72. The van der Waals surface area contributed by atoms with Crippen LogP contribution in [0.5, 0.6) is 0 Å². The average Bonchev–Trinajstić information content (AvgIpc) is 2.29. The van der Waals surface area contributed by atoms with Crippen molar-refractivity contribution in [1.29, 1.82) is 0 Å². The molecule has 0 fully saturated rings. The molecule has 0 saturated heterocycles. The molecule has 0 amide bonds. The van der Waals surface area contributed by atoms with Crippen molar-refractivity contribution >= 4 is 0 Å². The summed E-state index contributed by atoms with van der Waals surface area (Å²) in [6, 6.07) is 6.63. The van der Waals surface area contributed by atoms with Gasteiger partial charge >= 0.3 is 0 Å². The standard InChI is InChI=1S/C12H18FNO/c1-2-12(8-14,9-15)7-10-5-3-4-6-11(10)13/h3-6,15H,2,7-9,14H2,1H3. The third-order valence-corrected chi connectivity index (χ3v) is 3.04. The fourth-order valence-corrected chi connectivity index (χ4v) is 1.62. The Labute approximate surface area is 89.9 Å². The van der Waals surface area contributed by atoms with Gasteiger partial charge in [-0.05, 0) is 24.5 Å². The molecule has 1 rings (SSSR count). The van der Waals surface area contributed by atoms with Crippen LogP contribution in [-0.2, 0) is 6.42 Å². The third kappa shape index (κ3) is 2.76. The second kappa shape index (κ2) is 5.24. The van der Waals surface area contributed by atoms with Gasteiger partial charge in [0.15, 0.2) is 0 Å². The molecule has 1 unspecified atom stereocenters. The lowest BCUT2D eigenvalue weighted by atomic mass is 9.80. The molecular weight excluding hydrogens is 193 g/mol. The summed E-state index contributed by atoms with van der Waals surface area (Å²) in [7, 11) is 0. The van der Waals surface area contributed by atoms with Crippen LogP contribution in [0.2, 0.25) is 0 Å². The number of aliphatic hydroxyl groups excluding tert-OH is 1. The molecule has 0 radical (unpaired) electrons. The van der Waals surface area contributed by atoms with Crippen molar-refractivity contribution in [3.8, 4) is 0 Å². The van der Waals surface area contributed by atoms with Gasteiger partial charge in [-0.3, -0.25) is 0 Å². The van der Waals surface area contributed by atoms with Crippen molar-refractivity contribution in [2.24, 2.45) is 11.1 Å². The molecule has 0 saturated carbocycles. The summed E-state index contributed by atoms with van der Waals surface area (Å²) in [5.41, 5.74) is 5.88. The molecule has 2 nitrogen and oxygen atoms in total. The molecule has 1 aromatic rings. The topological polar surface area (TPSA) is 46.2 Å². The number of benzene rings is 1. The predicted molar refractivity (Wildman–Crippen MR) is 59.0 cm³/mol. The molecule has 0 aliphatic heterocycles. The van der Waals surface area contributed by atoms with Gasteiger partial charge in [0.05, 0.1) is 6.61 Å². The van der Waals surface area contributed by atoms with Crippen molar-refractivity contribution in [3.63, 3.8) is 0 Å².